The number of nitrogens with one attached hydrogen (secondary N) is 1. The van der Waals surface area contributed by atoms with Crippen LogP contribution in [0.25, 0.3) is 54.8 Å². The average Bonchev–Trinajstić information content (AvgIpc) is 3.80. The number of nitrogens with zero attached hydrogens (tertiary/aromatic N) is 5. The molecule has 0 bridgehead atoms. The van der Waals surface area contributed by atoms with Crippen LogP contribution < -0.4 is 10.1 Å². The molecule has 0 aliphatic carbocycles. The van der Waals surface area contributed by atoms with Crippen LogP contribution >= 0.6 is 11.3 Å². The number of pyridine rings is 1. The lowest BCUT2D eigenvalue weighted by atomic mass is 9.95. The van der Waals surface area contributed by atoms with E-state index >= 15 is 4.39 Å². The van der Waals surface area contributed by atoms with Crippen molar-refractivity contribution in [3.05, 3.63) is 71.4 Å². The molecule has 0 fully saturated rings. The van der Waals surface area contributed by atoms with Gasteiger partial charge in [-0.2, -0.15) is 10.2 Å². The molecule has 2 aromatic carbocycles. The molecule has 46 heavy (non-hydrogen) atoms. The largest absolute Gasteiger partial charge is 0.490 e. The van der Waals surface area contributed by atoms with Gasteiger partial charge in [-0.3, -0.25) is 9.36 Å². The highest BCUT2D eigenvalue weighted by atomic mass is 32.1. The highest BCUT2D eigenvalue weighted by Gasteiger charge is 2.30. The molecule has 0 saturated carbocycles. The Bertz CT molecular complexity index is 2010. The molecule has 11 heteroatoms. The Balaban J connectivity index is 0.00000182. The van der Waals surface area contributed by atoms with Gasteiger partial charge in [-0.05, 0) is 35.6 Å². The summed E-state index contributed by atoms with van der Waals surface area (Å²) in [6.45, 7) is 10.2. The first kappa shape index (κ1) is 31.8. The average molecular weight is 645 g/mol. The van der Waals surface area contributed by atoms with Crippen LogP contribution in [0.2, 0.25) is 0 Å². The number of fused-ring (bicyclic) bond motifs is 3. The number of aryl methyl sites for hydroxylation is 1. The van der Waals surface area contributed by atoms with E-state index in [2.05, 4.69) is 30.3 Å². The highest BCUT2D eigenvalue weighted by molar-refractivity contribution is 7.18. The molecule has 5 heterocycles. The van der Waals surface area contributed by atoms with Gasteiger partial charge in [0, 0.05) is 59.4 Å². The van der Waals surface area contributed by atoms with Crippen LogP contribution in [-0.2, 0) is 18.3 Å². The van der Waals surface area contributed by atoms with Gasteiger partial charge < -0.3 is 14.8 Å². The zero-order valence-electron chi connectivity index (χ0n) is 26.9. The molecule has 240 valence electrons. The van der Waals surface area contributed by atoms with Crippen LogP contribution in [-0.4, -0.2) is 51.4 Å². The molecular formula is C35H38F2N6O2S. The third-order valence-corrected chi connectivity index (χ3v) is 9.10. The van der Waals surface area contributed by atoms with Crippen molar-refractivity contribution in [2.24, 2.45) is 13.0 Å². The zero-order chi connectivity index (χ0) is 32.5. The Morgan fingerprint density at radius 3 is 2.65 bits per heavy atom. The maximum atomic E-state index is 16.0. The van der Waals surface area contributed by atoms with Crippen molar-refractivity contribution >= 4 is 32.3 Å². The molecule has 0 amide bonds. The first-order valence-electron chi connectivity index (χ1n) is 15.6. The normalized spacial score (nSPS) is 14.5. The van der Waals surface area contributed by atoms with Crippen LogP contribution in [0.3, 0.4) is 0 Å². The molecule has 4 aromatic heterocycles. The topological polar surface area (TPSA) is 79.0 Å². The van der Waals surface area contributed by atoms with Gasteiger partial charge in [0.2, 0.25) is 0 Å². The van der Waals surface area contributed by atoms with Crippen molar-refractivity contribution in [3.8, 4) is 39.5 Å². The van der Waals surface area contributed by atoms with Crippen LogP contribution in [0.4, 0.5) is 8.78 Å². The molecule has 1 atom stereocenters. The minimum Gasteiger partial charge on any atom is -0.490 e. The highest BCUT2D eigenvalue weighted by Crippen LogP contribution is 2.47. The summed E-state index contributed by atoms with van der Waals surface area (Å²) in [5.74, 6) is -1.03. The Hall–Kier alpha value is -4.19. The van der Waals surface area contributed by atoms with E-state index in [0.717, 1.165) is 50.6 Å². The summed E-state index contributed by atoms with van der Waals surface area (Å²) in [6.07, 6.45) is 1.83. The monoisotopic (exact) mass is 644 g/mol. The predicted octanol–water partition coefficient (Wildman–Crippen LogP) is 8.01. The van der Waals surface area contributed by atoms with Crippen LogP contribution in [0.15, 0.2) is 54.0 Å². The van der Waals surface area contributed by atoms with E-state index in [9.17, 15) is 4.39 Å². The van der Waals surface area contributed by atoms with Crippen molar-refractivity contribution in [3.63, 3.8) is 0 Å². The molecule has 1 aliphatic heterocycles. The third kappa shape index (κ3) is 5.67. The van der Waals surface area contributed by atoms with Crippen molar-refractivity contribution in [1.29, 1.82) is 0 Å². The number of halogens is 2. The maximum absolute atomic E-state index is 16.0. The van der Waals surface area contributed by atoms with E-state index in [4.69, 9.17) is 19.6 Å². The SMILES string of the molecule is CC.COCCOc1cc(F)cc(F)c1-c1c(-c2cc3n(n2)CCN[C@@H]3C(C)C)nc(-c2ccc3c(cnn3C)c2)c2ccsc12. The van der Waals surface area contributed by atoms with E-state index in [1.807, 2.05) is 66.1 Å². The Morgan fingerprint density at radius 2 is 1.87 bits per heavy atom. The molecular weight excluding hydrogens is 606 g/mol. The summed E-state index contributed by atoms with van der Waals surface area (Å²) in [4.78, 5) is 5.26. The molecule has 0 unspecified atom stereocenters. The van der Waals surface area contributed by atoms with Gasteiger partial charge in [0.15, 0.2) is 0 Å². The Kier molecular flexibility index (Phi) is 9.17. The predicted molar refractivity (Wildman–Crippen MR) is 180 cm³/mol. The minimum atomic E-state index is -0.731. The summed E-state index contributed by atoms with van der Waals surface area (Å²) >= 11 is 1.48. The lowest BCUT2D eigenvalue weighted by Crippen LogP contribution is -2.36. The first-order valence-corrected chi connectivity index (χ1v) is 16.5. The lowest BCUT2D eigenvalue weighted by Gasteiger charge is -2.27. The minimum absolute atomic E-state index is 0.0903. The number of hydrogen-bond acceptors (Lipinski definition) is 7. The van der Waals surface area contributed by atoms with Crippen LogP contribution in [0, 0.1) is 17.6 Å². The van der Waals surface area contributed by atoms with Crippen LogP contribution in [0.5, 0.6) is 5.75 Å². The number of methoxy groups -OCH3 is 1. The van der Waals surface area contributed by atoms with E-state index in [1.165, 1.54) is 17.4 Å². The second kappa shape index (κ2) is 13.3. The number of hydrogen-bond donors (Lipinski definition) is 1. The number of aromatic nitrogens is 5. The smallest absolute Gasteiger partial charge is 0.137 e. The molecule has 0 spiro atoms. The summed E-state index contributed by atoms with van der Waals surface area (Å²) in [7, 11) is 3.46. The quantitative estimate of drug-likeness (QED) is 0.169. The number of thiophene rings is 1. The van der Waals surface area contributed by atoms with E-state index in [0.29, 0.717) is 29.4 Å². The zero-order valence-corrected chi connectivity index (χ0v) is 27.7. The fraction of sp³-hybridized carbons (Fsp3) is 0.343. The van der Waals surface area contributed by atoms with Gasteiger partial charge in [0.25, 0.3) is 0 Å². The van der Waals surface area contributed by atoms with Gasteiger partial charge in [-0.15, -0.1) is 11.3 Å². The number of ether oxygens (including phenoxy) is 2. The van der Waals surface area contributed by atoms with Crippen molar-refractivity contribution in [2.75, 3.05) is 26.9 Å². The Morgan fingerprint density at radius 1 is 1.04 bits per heavy atom. The first-order chi connectivity index (χ1) is 22.3. The fourth-order valence-corrected chi connectivity index (χ4v) is 7.05. The molecule has 6 aromatic rings. The molecule has 0 radical (unpaired) electrons. The number of benzene rings is 2. The van der Waals surface area contributed by atoms with Crippen molar-refractivity contribution in [2.45, 2.75) is 40.3 Å². The molecule has 8 nitrogen and oxygen atoms in total. The standard InChI is InChI=1S/C33H32F2N6O2S.C2H6/c1-18(2)30-26-16-24(39-41(26)9-8-36-30)32-29(28-23(35)14-21(34)15-27(28)43-11-10-42-4)33-22(7-12-44-33)31(38-32)19-5-6-25-20(13-19)17-37-40(25)3;1-2/h5-7,12-18,30,36H,8-11H2,1-4H3;1-2H3/t30-;/m1./s1. The van der Waals surface area contributed by atoms with Gasteiger partial charge in [-0.1, -0.05) is 33.8 Å². The summed E-state index contributed by atoms with van der Waals surface area (Å²) in [5, 5.41) is 16.8. The molecule has 7 rings (SSSR count). The molecule has 1 aliphatic rings. The van der Waals surface area contributed by atoms with Crippen LogP contribution in [0.1, 0.15) is 39.4 Å². The van der Waals surface area contributed by atoms with E-state index in [1.54, 1.807) is 7.11 Å². The molecule has 0 saturated heterocycles. The summed E-state index contributed by atoms with van der Waals surface area (Å²) < 4.78 is 46.3. The molecule has 1 N–H and O–H groups in total. The van der Waals surface area contributed by atoms with Gasteiger partial charge in [0.05, 0.1) is 47.9 Å². The Labute approximate surface area is 271 Å². The summed E-state index contributed by atoms with van der Waals surface area (Å²) in [6, 6.07) is 12.4. The summed E-state index contributed by atoms with van der Waals surface area (Å²) in [5.41, 5.74) is 5.51. The lowest BCUT2D eigenvalue weighted by molar-refractivity contribution is 0.146. The van der Waals surface area contributed by atoms with Crippen molar-refractivity contribution < 1.29 is 18.3 Å². The van der Waals surface area contributed by atoms with Gasteiger partial charge in [-0.25, -0.2) is 13.8 Å². The van der Waals surface area contributed by atoms with Gasteiger partial charge >= 0.3 is 0 Å². The van der Waals surface area contributed by atoms with E-state index in [-0.39, 0.29) is 30.6 Å². The maximum Gasteiger partial charge on any atom is 0.137 e. The second-order valence-corrected chi connectivity index (χ2v) is 12.3. The fourth-order valence-electron chi connectivity index (χ4n) is 6.10. The van der Waals surface area contributed by atoms with Crippen molar-refractivity contribution in [1.82, 2.24) is 29.9 Å². The third-order valence-electron chi connectivity index (χ3n) is 8.17. The second-order valence-electron chi connectivity index (χ2n) is 11.3. The van der Waals surface area contributed by atoms with Gasteiger partial charge in [0.1, 0.15) is 35.4 Å². The van der Waals surface area contributed by atoms with E-state index < -0.39 is 11.6 Å². The number of rotatable bonds is 8.